The van der Waals surface area contributed by atoms with Crippen molar-refractivity contribution < 1.29 is 5.11 Å². The summed E-state index contributed by atoms with van der Waals surface area (Å²) in [6, 6.07) is 31.6. The molecule has 0 amide bonds. The summed E-state index contributed by atoms with van der Waals surface area (Å²) in [6.45, 7) is 4.49. The van der Waals surface area contributed by atoms with Crippen molar-refractivity contribution in [3.8, 4) is 0 Å². The molecule has 3 rings (SSSR count). The van der Waals surface area contributed by atoms with Gasteiger partial charge in [0.25, 0.3) is 0 Å². The molecular formula is C25H29NO. The lowest BCUT2D eigenvalue weighted by Gasteiger charge is -2.40. The van der Waals surface area contributed by atoms with Gasteiger partial charge >= 0.3 is 0 Å². The molecule has 2 N–H and O–H groups in total. The molecule has 3 aromatic carbocycles. The highest BCUT2D eigenvalue weighted by Crippen LogP contribution is 2.37. The van der Waals surface area contributed by atoms with Crippen molar-refractivity contribution in [2.45, 2.75) is 31.8 Å². The third kappa shape index (κ3) is 4.29. The van der Waals surface area contributed by atoms with Crippen molar-refractivity contribution in [2.24, 2.45) is 5.92 Å². The zero-order valence-electron chi connectivity index (χ0n) is 16.2. The molecule has 0 aliphatic rings. The van der Waals surface area contributed by atoms with Gasteiger partial charge in [0.2, 0.25) is 0 Å². The van der Waals surface area contributed by atoms with E-state index in [1.165, 1.54) is 16.7 Å². The predicted octanol–water partition coefficient (Wildman–Crippen LogP) is 4.98. The van der Waals surface area contributed by atoms with Crippen LogP contribution in [0.1, 0.15) is 37.0 Å². The molecule has 140 valence electrons. The Bertz CT molecular complexity index is 703. The Morgan fingerprint density at radius 3 is 1.37 bits per heavy atom. The summed E-state index contributed by atoms with van der Waals surface area (Å²) in [7, 11) is 0. The highest BCUT2D eigenvalue weighted by molar-refractivity contribution is 5.49. The minimum atomic E-state index is -0.522. The van der Waals surface area contributed by atoms with Gasteiger partial charge in [0.15, 0.2) is 0 Å². The molecule has 0 spiro atoms. The number of nitrogens with one attached hydrogen (secondary N) is 1. The summed E-state index contributed by atoms with van der Waals surface area (Å²) >= 11 is 0. The molecule has 27 heavy (non-hydrogen) atoms. The van der Waals surface area contributed by atoms with Crippen molar-refractivity contribution in [3.05, 3.63) is 108 Å². The normalized spacial score (nSPS) is 12.9. The first kappa shape index (κ1) is 19.3. The lowest BCUT2D eigenvalue weighted by atomic mass is 9.76. The van der Waals surface area contributed by atoms with Crippen LogP contribution < -0.4 is 5.32 Å². The summed E-state index contributed by atoms with van der Waals surface area (Å²) in [4.78, 5) is 0. The van der Waals surface area contributed by atoms with Gasteiger partial charge in [0.1, 0.15) is 0 Å². The summed E-state index contributed by atoms with van der Waals surface area (Å²) in [5, 5.41) is 14.0. The number of rotatable bonds is 8. The Labute approximate surface area is 162 Å². The van der Waals surface area contributed by atoms with Crippen LogP contribution in [-0.2, 0) is 5.54 Å². The van der Waals surface area contributed by atoms with E-state index in [0.717, 1.165) is 6.42 Å². The third-order valence-corrected chi connectivity index (χ3v) is 5.02. The van der Waals surface area contributed by atoms with Gasteiger partial charge in [-0.05, 0) is 29.0 Å². The number of aliphatic hydroxyl groups excluding tert-OH is 1. The van der Waals surface area contributed by atoms with Crippen LogP contribution in [0.5, 0.6) is 0 Å². The van der Waals surface area contributed by atoms with Crippen LogP contribution in [0, 0.1) is 5.92 Å². The van der Waals surface area contributed by atoms with Crippen LogP contribution in [0.25, 0.3) is 0 Å². The van der Waals surface area contributed by atoms with E-state index in [-0.39, 0.29) is 12.6 Å². The maximum absolute atomic E-state index is 10.1. The Hall–Kier alpha value is -2.42. The van der Waals surface area contributed by atoms with E-state index < -0.39 is 5.54 Å². The Morgan fingerprint density at radius 2 is 1.07 bits per heavy atom. The van der Waals surface area contributed by atoms with Gasteiger partial charge in [-0.15, -0.1) is 0 Å². The Balaban J connectivity index is 2.22. The van der Waals surface area contributed by atoms with Crippen molar-refractivity contribution in [1.82, 2.24) is 5.32 Å². The minimum Gasteiger partial charge on any atom is -0.395 e. The molecule has 2 heteroatoms. The first-order valence-corrected chi connectivity index (χ1v) is 9.72. The number of aliphatic hydroxyl groups is 1. The van der Waals surface area contributed by atoms with Gasteiger partial charge in [-0.3, -0.25) is 5.32 Å². The molecule has 0 fully saturated rings. The number of hydrogen-bond donors (Lipinski definition) is 2. The second-order valence-corrected chi connectivity index (χ2v) is 7.50. The van der Waals surface area contributed by atoms with Gasteiger partial charge < -0.3 is 5.11 Å². The fraction of sp³-hybridized carbons (Fsp3) is 0.280. The zero-order chi connectivity index (χ0) is 19.1. The molecule has 0 aliphatic heterocycles. The molecule has 3 aromatic rings. The molecule has 0 bridgehead atoms. The van der Waals surface area contributed by atoms with Crippen LogP contribution in [0.2, 0.25) is 0 Å². The third-order valence-electron chi connectivity index (χ3n) is 5.02. The van der Waals surface area contributed by atoms with E-state index in [2.05, 4.69) is 92.0 Å². The quantitative estimate of drug-likeness (QED) is 0.556. The predicted molar refractivity (Wildman–Crippen MR) is 113 cm³/mol. The smallest absolute Gasteiger partial charge is 0.0950 e. The van der Waals surface area contributed by atoms with E-state index >= 15 is 0 Å². The number of hydrogen-bond acceptors (Lipinski definition) is 2. The molecule has 0 aliphatic carbocycles. The first-order valence-electron chi connectivity index (χ1n) is 9.72. The van der Waals surface area contributed by atoms with Crippen molar-refractivity contribution in [1.29, 1.82) is 0 Å². The van der Waals surface area contributed by atoms with Crippen LogP contribution in [0.15, 0.2) is 91.0 Å². The number of benzene rings is 3. The molecule has 0 heterocycles. The van der Waals surface area contributed by atoms with Gasteiger partial charge in [-0.2, -0.15) is 0 Å². The van der Waals surface area contributed by atoms with Crippen LogP contribution in [-0.4, -0.2) is 17.8 Å². The maximum atomic E-state index is 10.1. The van der Waals surface area contributed by atoms with Crippen LogP contribution in [0.3, 0.4) is 0 Å². The highest BCUT2D eigenvalue weighted by Gasteiger charge is 2.37. The van der Waals surface area contributed by atoms with Gasteiger partial charge in [0.05, 0.1) is 12.1 Å². The average molecular weight is 360 g/mol. The van der Waals surface area contributed by atoms with E-state index in [1.807, 2.05) is 18.2 Å². The molecule has 2 nitrogen and oxygen atoms in total. The van der Waals surface area contributed by atoms with Gasteiger partial charge in [0, 0.05) is 6.04 Å². The van der Waals surface area contributed by atoms with Crippen molar-refractivity contribution >= 4 is 0 Å². The fourth-order valence-electron chi connectivity index (χ4n) is 3.87. The second-order valence-electron chi connectivity index (χ2n) is 7.50. The monoisotopic (exact) mass is 359 g/mol. The Morgan fingerprint density at radius 1 is 0.704 bits per heavy atom. The molecule has 1 atom stereocenters. The SMILES string of the molecule is CC(C)C[C@@H](CO)NC(c1ccccc1)(c1ccccc1)c1ccccc1. The summed E-state index contributed by atoms with van der Waals surface area (Å²) in [6.07, 6.45) is 0.907. The molecule has 0 saturated carbocycles. The minimum absolute atomic E-state index is 0.00869. The lowest BCUT2D eigenvalue weighted by molar-refractivity contribution is 0.204. The molecule has 0 aromatic heterocycles. The molecule has 0 unspecified atom stereocenters. The lowest BCUT2D eigenvalue weighted by Crippen LogP contribution is -2.51. The fourth-order valence-corrected chi connectivity index (χ4v) is 3.87. The van der Waals surface area contributed by atoms with Gasteiger partial charge in [-0.1, -0.05) is 105 Å². The second kappa shape index (κ2) is 8.98. The molecular weight excluding hydrogens is 330 g/mol. The largest absolute Gasteiger partial charge is 0.395 e. The maximum Gasteiger partial charge on any atom is 0.0950 e. The Kier molecular flexibility index (Phi) is 6.44. The van der Waals surface area contributed by atoms with Gasteiger partial charge in [-0.25, -0.2) is 0 Å². The molecule has 0 saturated heterocycles. The summed E-state index contributed by atoms with van der Waals surface area (Å²) < 4.78 is 0. The van der Waals surface area contributed by atoms with E-state index in [4.69, 9.17) is 0 Å². The standard InChI is InChI=1S/C25H29NO/c1-20(2)18-24(19-27)26-25(21-12-6-3-7-13-21,22-14-8-4-9-15-22)23-16-10-5-11-17-23/h3-17,20,24,26-27H,18-19H2,1-2H3/t24-/m0/s1. The summed E-state index contributed by atoms with van der Waals surface area (Å²) in [5.41, 5.74) is 2.99. The van der Waals surface area contributed by atoms with Crippen molar-refractivity contribution in [2.75, 3.05) is 6.61 Å². The molecule has 0 radical (unpaired) electrons. The van der Waals surface area contributed by atoms with Crippen LogP contribution >= 0.6 is 0 Å². The first-order chi connectivity index (χ1) is 13.2. The topological polar surface area (TPSA) is 32.3 Å². The van der Waals surface area contributed by atoms with Crippen LogP contribution in [0.4, 0.5) is 0 Å². The van der Waals surface area contributed by atoms with E-state index in [9.17, 15) is 5.11 Å². The zero-order valence-corrected chi connectivity index (χ0v) is 16.2. The average Bonchev–Trinajstić information content (AvgIpc) is 2.73. The van der Waals surface area contributed by atoms with Crippen molar-refractivity contribution in [3.63, 3.8) is 0 Å². The summed E-state index contributed by atoms with van der Waals surface area (Å²) in [5.74, 6) is 0.495. The highest BCUT2D eigenvalue weighted by atomic mass is 16.3. The van der Waals surface area contributed by atoms with E-state index in [1.54, 1.807) is 0 Å². The van der Waals surface area contributed by atoms with E-state index in [0.29, 0.717) is 5.92 Å².